The number of aliphatic hydroxyl groups excluding tert-OH is 1. The Morgan fingerprint density at radius 1 is 1.58 bits per heavy atom. The molecule has 4 N–H and O–H groups in total. The molecule has 8 heteroatoms. The Bertz CT molecular complexity index is 586. The van der Waals surface area contributed by atoms with Crippen LogP contribution in [0.3, 0.4) is 0 Å². The van der Waals surface area contributed by atoms with Crippen LogP contribution in [0.2, 0.25) is 5.02 Å². The van der Waals surface area contributed by atoms with Crippen LogP contribution in [0, 0.1) is 0 Å². The zero-order valence-corrected chi connectivity index (χ0v) is 10.6. The second kappa shape index (κ2) is 5.79. The first kappa shape index (κ1) is 13.5. The quantitative estimate of drug-likeness (QED) is 0.424. The van der Waals surface area contributed by atoms with E-state index in [2.05, 4.69) is 10.3 Å². The molecule has 0 aliphatic rings. The Labute approximate surface area is 113 Å². The van der Waals surface area contributed by atoms with Crippen molar-refractivity contribution < 1.29 is 9.90 Å². The first-order valence-corrected chi connectivity index (χ1v) is 5.82. The van der Waals surface area contributed by atoms with Crippen molar-refractivity contribution >= 4 is 17.5 Å². The molecule has 1 heterocycles. The predicted octanol–water partition coefficient (Wildman–Crippen LogP) is 0.269. The number of nitrogen functional groups attached to an aromatic ring is 1. The Morgan fingerprint density at radius 3 is 3.05 bits per heavy atom. The number of carbonyl (C=O) groups is 1. The van der Waals surface area contributed by atoms with Crippen molar-refractivity contribution in [2.24, 2.45) is 5.84 Å². The lowest BCUT2D eigenvalue weighted by Crippen LogP contribution is -2.30. The summed E-state index contributed by atoms with van der Waals surface area (Å²) < 4.78 is 1.36. The highest BCUT2D eigenvalue weighted by molar-refractivity contribution is 6.30. The average molecular weight is 282 g/mol. The maximum absolute atomic E-state index is 11.2. The van der Waals surface area contributed by atoms with E-state index in [4.69, 9.17) is 17.4 Å². The highest BCUT2D eigenvalue weighted by Crippen LogP contribution is 2.18. The number of hydrazine groups is 1. The monoisotopic (exact) mass is 281 g/mol. The molecular formula is C11H12ClN5O2. The van der Waals surface area contributed by atoms with E-state index in [0.717, 1.165) is 0 Å². The number of amides is 1. The molecule has 100 valence electrons. The fraction of sp³-hybridized carbons (Fsp3) is 0.182. The number of aliphatic hydroxyl groups is 1. The lowest BCUT2D eigenvalue weighted by Gasteiger charge is -2.10. The fourth-order valence-corrected chi connectivity index (χ4v) is 1.76. The van der Waals surface area contributed by atoms with Crippen molar-refractivity contribution in [2.45, 2.75) is 12.6 Å². The van der Waals surface area contributed by atoms with Gasteiger partial charge in [-0.2, -0.15) is 0 Å². The van der Waals surface area contributed by atoms with Gasteiger partial charge < -0.3 is 5.11 Å². The summed E-state index contributed by atoms with van der Waals surface area (Å²) in [5.74, 6) is 4.44. The predicted molar refractivity (Wildman–Crippen MR) is 68.1 cm³/mol. The number of nitrogens with one attached hydrogen (secondary N) is 1. The van der Waals surface area contributed by atoms with Crippen molar-refractivity contribution in [2.75, 3.05) is 0 Å². The van der Waals surface area contributed by atoms with Gasteiger partial charge in [0.1, 0.15) is 0 Å². The zero-order valence-electron chi connectivity index (χ0n) is 9.82. The molecule has 2 aromatic rings. The molecule has 0 aliphatic heterocycles. The van der Waals surface area contributed by atoms with Gasteiger partial charge in [0.15, 0.2) is 5.69 Å². The van der Waals surface area contributed by atoms with E-state index in [9.17, 15) is 9.90 Å². The maximum atomic E-state index is 11.2. The van der Waals surface area contributed by atoms with E-state index in [-0.39, 0.29) is 12.2 Å². The summed E-state index contributed by atoms with van der Waals surface area (Å²) >= 11 is 5.84. The largest absolute Gasteiger partial charge is 0.386 e. The number of hydrogen-bond acceptors (Lipinski definition) is 5. The third-order valence-corrected chi connectivity index (χ3v) is 2.73. The smallest absolute Gasteiger partial charge is 0.287 e. The molecule has 0 spiro atoms. The minimum atomic E-state index is -0.797. The minimum absolute atomic E-state index is 0.0841. The number of benzene rings is 1. The molecule has 0 fully saturated rings. The van der Waals surface area contributed by atoms with E-state index >= 15 is 0 Å². The van der Waals surface area contributed by atoms with Crippen molar-refractivity contribution in [3.63, 3.8) is 0 Å². The molecule has 0 saturated heterocycles. The lowest BCUT2D eigenvalue weighted by atomic mass is 10.1. The summed E-state index contributed by atoms with van der Waals surface area (Å²) in [5, 5.41) is 17.9. The summed E-state index contributed by atoms with van der Waals surface area (Å²) in [6.45, 7) is 0.158. The molecule has 0 radical (unpaired) electrons. The van der Waals surface area contributed by atoms with Crippen LogP contribution >= 0.6 is 11.6 Å². The molecule has 2 rings (SSSR count). The van der Waals surface area contributed by atoms with Crippen LogP contribution in [0.15, 0.2) is 30.5 Å². The maximum Gasteiger partial charge on any atom is 0.287 e. The first-order valence-electron chi connectivity index (χ1n) is 5.44. The van der Waals surface area contributed by atoms with Gasteiger partial charge in [0.25, 0.3) is 5.91 Å². The molecule has 1 amide bonds. The van der Waals surface area contributed by atoms with Gasteiger partial charge in [0.2, 0.25) is 0 Å². The van der Waals surface area contributed by atoms with Crippen molar-refractivity contribution in [3.8, 4) is 0 Å². The number of nitrogens with two attached hydrogens (primary N) is 1. The Kier molecular flexibility index (Phi) is 4.10. The highest BCUT2D eigenvalue weighted by atomic mass is 35.5. The van der Waals surface area contributed by atoms with Crippen LogP contribution in [0.4, 0.5) is 0 Å². The fourth-order valence-electron chi connectivity index (χ4n) is 1.56. The van der Waals surface area contributed by atoms with Crippen LogP contribution in [-0.4, -0.2) is 26.0 Å². The summed E-state index contributed by atoms with van der Waals surface area (Å²) in [7, 11) is 0. The second-order valence-electron chi connectivity index (χ2n) is 3.87. The van der Waals surface area contributed by atoms with Crippen LogP contribution < -0.4 is 11.3 Å². The molecule has 1 atom stereocenters. The number of halogens is 1. The number of aromatic nitrogens is 3. The summed E-state index contributed by atoms with van der Waals surface area (Å²) in [6, 6.07) is 6.88. The number of nitrogens with zero attached hydrogens (tertiary/aromatic N) is 3. The van der Waals surface area contributed by atoms with Crippen molar-refractivity contribution in [3.05, 3.63) is 46.7 Å². The molecule has 1 aromatic heterocycles. The van der Waals surface area contributed by atoms with Crippen molar-refractivity contribution in [1.29, 1.82) is 0 Å². The minimum Gasteiger partial charge on any atom is -0.386 e. The normalized spacial score (nSPS) is 12.2. The van der Waals surface area contributed by atoms with Gasteiger partial charge in [-0.05, 0) is 17.7 Å². The number of hydrogen-bond donors (Lipinski definition) is 3. The molecule has 7 nitrogen and oxygen atoms in total. The lowest BCUT2D eigenvalue weighted by molar-refractivity contribution is 0.0948. The zero-order chi connectivity index (χ0) is 13.8. The SMILES string of the molecule is NNC(=O)c1cn(CC(O)c2cccc(Cl)c2)nn1. The van der Waals surface area contributed by atoms with Gasteiger partial charge in [-0.15, -0.1) is 5.10 Å². The molecule has 1 aromatic carbocycles. The standard InChI is InChI=1S/C11H12ClN5O2/c12-8-3-1-2-7(4-8)10(18)6-17-5-9(15-16-17)11(19)14-13/h1-5,10,18H,6,13H2,(H,14,19). The highest BCUT2D eigenvalue weighted by Gasteiger charge is 2.13. The van der Waals surface area contributed by atoms with Gasteiger partial charge in [-0.1, -0.05) is 28.9 Å². The van der Waals surface area contributed by atoms with Gasteiger partial charge in [-0.3, -0.25) is 10.2 Å². The van der Waals surface area contributed by atoms with Gasteiger partial charge >= 0.3 is 0 Å². The van der Waals surface area contributed by atoms with E-state index in [1.165, 1.54) is 10.9 Å². The molecule has 0 aliphatic carbocycles. The van der Waals surface area contributed by atoms with Gasteiger partial charge in [0.05, 0.1) is 18.8 Å². The van der Waals surface area contributed by atoms with Gasteiger partial charge in [0, 0.05) is 5.02 Å². The Hall–Kier alpha value is -1.96. The third-order valence-electron chi connectivity index (χ3n) is 2.50. The number of rotatable bonds is 4. The first-order chi connectivity index (χ1) is 9.10. The van der Waals surface area contributed by atoms with E-state index in [0.29, 0.717) is 10.6 Å². The molecule has 1 unspecified atom stereocenters. The summed E-state index contributed by atoms with van der Waals surface area (Å²) in [5.41, 5.74) is 2.70. The summed E-state index contributed by atoms with van der Waals surface area (Å²) in [4.78, 5) is 11.2. The van der Waals surface area contributed by atoms with Crippen LogP contribution in [0.5, 0.6) is 0 Å². The second-order valence-corrected chi connectivity index (χ2v) is 4.31. The molecule has 0 bridgehead atoms. The molecule has 0 saturated carbocycles. The van der Waals surface area contributed by atoms with Crippen LogP contribution in [0.1, 0.15) is 22.2 Å². The van der Waals surface area contributed by atoms with E-state index < -0.39 is 12.0 Å². The van der Waals surface area contributed by atoms with E-state index in [1.54, 1.807) is 24.3 Å². The Morgan fingerprint density at radius 2 is 2.37 bits per heavy atom. The van der Waals surface area contributed by atoms with Crippen LogP contribution in [-0.2, 0) is 6.54 Å². The van der Waals surface area contributed by atoms with E-state index in [1.807, 2.05) is 5.43 Å². The van der Waals surface area contributed by atoms with Crippen LogP contribution in [0.25, 0.3) is 0 Å². The Balaban J connectivity index is 2.08. The number of carbonyl (C=O) groups excluding carboxylic acids is 1. The topological polar surface area (TPSA) is 106 Å². The molecular weight excluding hydrogens is 270 g/mol. The van der Waals surface area contributed by atoms with Gasteiger partial charge in [-0.25, -0.2) is 10.5 Å². The molecule has 19 heavy (non-hydrogen) atoms. The van der Waals surface area contributed by atoms with Crippen molar-refractivity contribution in [1.82, 2.24) is 20.4 Å². The third kappa shape index (κ3) is 3.28. The average Bonchev–Trinajstić information content (AvgIpc) is 2.86. The summed E-state index contributed by atoms with van der Waals surface area (Å²) in [6.07, 6.45) is 0.602.